The van der Waals surface area contributed by atoms with Gasteiger partial charge in [0.15, 0.2) is 0 Å². The van der Waals surface area contributed by atoms with Crippen molar-refractivity contribution in [3.8, 4) is 17.1 Å². The Morgan fingerprint density at radius 1 is 1.29 bits per heavy atom. The minimum absolute atomic E-state index is 0. The fraction of sp³-hybridized carbons (Fsp3) is 0.444. The Bertz CT molecular complexity index is 796. The van der Waals surface area contributed by atoms with Crippen molar-refractivity contribution in [3.63, 3.8) is 0 Å². The lowest BCUT2D eigenvalue weighted by molar-refractivity contribution is -0.127. The second-order valence-electron chi connectivity index (χ2n) is 6.46. The van der Waals surface area contributed by atoms with Crippen molar-refractivity contribution in [3.05, 3.63) is 30.2 Å². The van der Waals surface area contributed by atoms with Crippen molar-refractivity contribution >= 4 is 24.2 Å². The summed E-state index contributed by atoms with van der Waals surface area (Å²) in [4.78, 5) is 28.1. The fourth-order valence-corrected chi connectivity index (χ4v) is 2.23. The van der Waals surface area contributed by atoms with E-state index in [4.69, 9.17) is 15.0 Å². The molecule has 0 aliphatic heterocycles. The third-order valence-corrected chi connectivity index (χ3v) is 3.96. The molecule has 0 radical (unpaired) electrons. The Labute approximate surface area is 169 Å². The molecule has 0 bridgehead atoms. The number of amides is 2. The lowest BCUT2D eigenvalue weighted by Crippen LogP contribution is -2.47. The highest BCUT2D eigenvalue weighted by Crippen LogP contribution is 2.22. The van der Waals surface area contributed by atoms with Gasteiger partial charge in [-0.25, -0.2) is 0 Å². The highest BCUT2D eigenvalue weighted by atomic mass is 35.5. The van der Waals surface area contributed by atoms with Gasteiger partial charge in [0.1, 0.15) is 11.8 Å². The van der Waals surface area contributed by atoms with E-state index < -0.39 is 12.1 Å². The van der Waals surface area contributed by atoms with Crippen LogP contribution < -0.4 is 21.1 Å². The molecule has 1 heterocycles. The summed E-state index contributed by atoms with van der Waals surface area (Å²) in [7, 11) is 1.57. The first kappa shape index (κ1) is 23.4. The van der Waals surface area contributed by atoms with Crippen molar-refractivity contribution in [2.24, 2.45) is 11.7 Å². The first-order chi connectivity index (χ1) is 12.8. The molecular formula is C18H26ClN5O4. The topological polar surface area (TPSA) is 132 Å². The van der Waals surface area contributed by atoms with Crippen LogP contribution in [0.25, 0.3) is 11.4 Å². The van der Waals surface area contributed by atoms with Crippen molar-refractivity contribution in [1.82, 2.24) is 20.8 Å². The maximum absolute atomic E-state index is 12.0. The highest BCUT2D eigenvalue weighted by Gasteiger charge is 2.20. The monoisotopic (exact) mass is 411 g/mol. The molecule has 0 saturated heterocycles. The van der Waals surface area contributed by atoms with Crippen LogP contribution in [0.2, 0.25) is 0 Å². The van der Waals surface area contributed by atoms with Crippen LogP contribution in [0.3, 0.4) is 0 Å². The minimum Gasteiger partial charge on any atom is -0.497 e. The second kappa shape index (κ2) is 10.6. The SMILES string of the molecule is COc1cccc(-c2noc(C(C)NC(=O)CNC(=O)[C@@H](N)C(C)C)n2)c1.Cl. The zero-order valence-corrected chi connectivity index (χ0v) is 17.1. The van der Waals surface area contributed by atoms with Crippen LogP contribution >= 0.6 is 12.4 Å². The lowest BCUT2D eigenvalue weighted by atomic mass is 10.1. The number of nitrogens with one attached hydrogen (secondary N) is 2. The Morgan fingerprint density at radius 2 is 2.00 bits per heavy atom. The van der Waals surface area contributed by atoms with Gasteiger partial charge in [-0.15, -0.1) is 12.4 Å². The molecule has 154 valence electrons. The molecule has 28 heavy (non-hydrogen) atoms. The smallest absolute Gasteiger partial charge is 0.249 e. The van der Waals surface area contributed by atoms with Crippen molar-refractivity contribution < 1.29 is 18.8 Å². The zero-order valence-electron chi connectivity index (χ0n) is 16.3. The summed E-state index contributed by atoms with van der Waals surface area (Å²) >= 11 is 0. The van der Waals surface area contributed by atoms with Crippen molar-refractivity contribution in [2.45, 2.75) is 32.9 Å². The summed E-state index contributed by atoms with van der Waals surface area (Å²) in [6.07, 6.45) is 0. The molecule has 1 aromatic heterocycles. The summed E-state index contributed by atoms with van der Waals surface area (Å²) in [5, 5.41) is 9.13. The molecular weight excluding hydrogens is 386 g/mol. The highest BCUT2D eigenvalue weighted by molar-refractivity contribution is 5.87. The molecule has 0 saturated carbocycles. The molecule has 2 atom stereocenters. The average molecular weight is 412 g/mol. The first-order valence-electron chi connectivity index (χ1n) is 8.62. The van der Waals surface area contributed by atoms with Gasteiger partial charge in [-0.2, -0.15) is 4.98 Å². The number of halogens is 1. The summed E-state index contributed by atoms with van der Waals surface area (Å²) in [5.41, 5.74) is 6.47. The molecule has 10 heteroatoms. The zero-order chi connectivity index (χ0) is 20.0. The fourth-order valence-electron chi connectivity index (χ4n) is 2.23. The van der Waals surface area contributed by atoms with E-state index >= 15 is 0 Å². The van der Waals surface area contributed by atoms with Gasteiger partial charge in [-0.1, -0.05) is 31.1 Å². The summed E-state index contributed by atoms with van der Waals surface area (Å²) < 4.78 is 10.4. The quantitative estimate of drug-likeness (QED) is 0.598. The molecule has 2 aromatic rings. The van der Waals surface area contributed by atoms with Gasteiger partial charge >= 0.3 is 0 Å². The number of aromatic nitrogens is 2. The summed E-state index contributed by atoms with van der Waals surface area (Å²) in [5.74, 6) is 0.558. The number of nitrogens with two attached hydrogens (primary N) is 1. The van der Waals surface area contributed by atoms with Gasteiger partial charge in [0, 0.05) is 5.56 Å². The van der Waals surface area contributed by atoms with E-state index in [9.17, 15) is 9.59 Å². The molecule has 1 aromatic carbocycles. The third kappa shape index (κ3) is 6.21. The van der Waals surface area contributed by atoms with Crippen LogP contribution in [-0.4, -0.2) is 41.7 Å². The van der Waals surface area contributed by atoms with Gasteiger partial charge in [0.25, 0.3) is 0 Å². The largest absolute Gasteiger partial charge is 0.497 e. The van der Waals surface area contributed by atoms with E-state index in [-0.39, 0.29) is 42.6 Å². The Kier molecular flexibility index (Phi) is 8.87. The van der Waals surface area contributed by atoms with Crippen LogP contribution in [0, 0.1) is 5.92 Å². The molecule has 4 N–H and O–H groups in total. The minimum atomic E-state index is -0.656. The van der Waals surface area contributed by atoms with Gasteiger partial charge in [0.05, 0.1) is 19.7 Å². The molecule has 2 amide bonds. The lowest BCUT2D eigenvalue weighted by Gasteiger charge is -2.15. The molecule has 0 fully saturated rings. The van der Waals surface area contributed by atoms with Gasteiger partial charge < -0.3 is 25.6 Å². The molecule has 2 rings (SSSR count). The molecule has 9 nitrogen and oxygen atoms in total. The third-order valence-electron chi connectivity index (χ3n) is 3.96. The van der Waals surface area contributed by atoms with E-state index in [0.29, 0.717) is 11.6 Å². The molecule has 1 unspecified atom stereocenters. The van der Waals surface area contributed by atoms with Crippen molar-refractivity contribution in [1.29, 1.82) is 0 Å². The van der Waals surface area contributed by atoms with Gasteiger partial charge in [-0.05, 0) is 25.0 Å². The molecule has 0 spiro atoms. The number of hydrogen-bond donors (Lipinski definition) is 3. The predicted molar refractivity (Wildman–Crippen MR) is 106 cm³/mol. The average Bonchev–Trinajstić information content (AvgIpc) is 3.15. The number of benzene rings is 1. The van der Waals surface area contributed by atoms with Gasteiger partial charge in [0.2, 0.25) is 23.5 Å². The number of hydrogen-bond acceptors (Lipinski definition) is 7. The van der Waals surface area contributed by atoms with Crippen LogP contribution in [0.4, 0.5) is 0 Å². The van der Waals surface area contributed by atoms with Crippen LogP contribution in [-0.2, 0) is 9.59 Å². The molecule has 0 aliphatic rings. The number of carbonyl (C=O) groups excluding carboxylic acids is 2. The van der Waals surface area contributed by atoms with Crippen LogP contribution in [0.15, 0.2) is 28.8 Å². The van der Waals surface area contributed by atoms with E-state index in [1.54, 1.807) is 20.1 Å². The van der Waals surface area contributed by atoms with E-state index in [1.807, 2.05) is 32.0 Å². The predicted octanol–water partition coefficient (Wildman–Crippen LogP) is 1.44. The Balaban J connectivity index is 0.00000392. The Hall–Kier alpha value is -2.65. The number of ether oxygens (including phenoxy) is 1. The maximum Gasteiger partial charge on any atom is 0.249 e. The first-order valence-corrected chi connectivity index (χ1v) is 8.62. The number of methoxy groups -OCH3 is 1. The number of nitrogens with zero attached hydrogens (tertiary/aromatic N) is 2. The van der Waals surface area contributed by atoms with E-state index in [0.717, 1.165) is 5.56 Å². The standard InChI is InChI=1S/C18H25N5O4.ClH/c1-10(2)15(19)17(25)20-9-14(24)21-11(3)18-22-16(23-27-18)12-6-5-7-13(8-12)26-4;/h5-8,10-11,15H,9,19H2,1-4H3,(H,20,25)(H,21,24);1H/t11?,15-;/m0./s1. The van der Waals surface area contributed by atoms with Crippen LogP contribution in [0.1, 0.15) is 32.7 Å². The van der Waals surface area contributed by atoms with E-state index in [2.05, 4.69) is 20.8 Å². The normalized spacial score (nSPS) is 12.6. The second-order valence-corrected chi connectivity index (χ2v) is 6.46. The van der Waals surface area contributed by atoms with E-state index in [1.165, 1.54) is 0 Å². The maximum atomic E-state index is 12.0. The van der Waals surface area contributed by atoms with Gasteiger partial charge in [-0.3, -0.25) is 9.59 Å². The number of carbonyl (C=O) groups is 2. The Morgan fingerprint density at radius 3 is 2.64 bits per heavy atom. The van der Waals surface area contributed by atoms with Crippen molar-refractivity contribution in [2.75, 3.05) is 13.7 Å². The summed E-state index contributed by atoms with van der Waals surface area (Å²) in [6.45, 7) is 5.20. The molecule has 0 aliphatic carbocycles. The number of rotatable bonds is 8. The summed E-state index contributed by atoms with van der Waals surface area (Å²) in [6, 6.07) is 6.07. The van der Waals surface area contributed by atoms with Crippen LogP contribution in [0.5, 0.6) is 5.75 Å².